The van der Waals surface area contributed by atoms with Gasteiger partial charge in [-0.3, -0.25) is 0 Å². The number of nitrogens with one attached hydrogen (secondary N) is 1. The van der Waals surface area contributed by atoms with Gasteiger partial charge in [-0.2, -0.15) is 0 Å². The number of anilines is 1. The van der Waals surface area contributed by atoms with E-state index in [1.807, 2.05) is 32.2 Å². The third kappa shape index (κ3) is 6.06. The highest BCUT2D eigenvalue weighted by Crippen LogP contribution is 2.26. The first-order valence-electron chi connectivity index (χ1n) is 9.67. The predicted molar refractivity (Wildman–Crippen MR) is 119 cm³/mol. The first-order chi connectivity index (χ1) is 14.0. The fraction of sp³-hybridized carbons (Fsp3) is 0.429. The Morgan fingerprint density at radius 1 is 1.27 bits per heavy atom. The van der Waals surface area contributed by atoms with Gasteiger partial charge < -0.3 is 15.0 Å². The molecule has 0 bridgehead atoms. The molecular weight excluding hydrogens is 422 g/mol. The summed E-state index contributed by atoms with van der Waals surface area (Å²) in [6.07, 6.45) is 3.68. The number of rotatable bonds is 5. The predicted octanol–water partition coefficient (Wildman–Crippen LogP) is 4.18. The highest BCUT2D eigenvalue weighted by Gasteiger charge is 2.24. The first kappa shape index (κ1) is 22.3. The van der Waals surface area contributed by atoms with Crippen molar-refractivity contribution in [1.82, 2.24) is 9.88 Å². The van der Waals surface area contributed by atoms with Crippen molar-refractivity contribution in [2.45, 2.75) is 44.2 Å². The Bertz CT molecular complexity index is 1030. The molecule has 1 aromatic carbocycles. The van der Waals surface area contributed by atoms with E-state index in [0.29, 0.717) is 24.5 Å². The molecule has 2 aromatic rings. The smallest absolute Gasteiger partial charge is 0.410 e. The Kier molecular flexibility index (Phi) is 6.52. The first-order valence-corrected chi connectivity index (χ1v) is 12.4. The molecule has 0 saturated heterocycles. The zero-order valence-electron chi connectivity index (χ0n) is 17.6. The van der Waals surface area contributed by atoms with E-state index in [9.17, 15) is 13.2 Å². The van der Waals surface area contributed by atoms with E-state index < -0.39 is 15.4 Å². The molecule has 1 aromatic heterocycles. The van der Waals surface area contributed by atoms with Crippen LogP contribution in [-0.2, 0) is 21.1 Å². The van der Waals surface area contributed by atoms with Gasteiger partial charge in [0.1, 0.15) is 10.6 Å². The molecule has 0 aliphatic carbocycles. The highest BCUT2D eigenvalue weighted by atomic mass is 32.2. The summed E-state index contributed by atoms with van der Waals surface area (Å²) in [4.78, 5) is 18.9. The number of hydrogen-bond acceptors (Lipinski definition) is 7. The second-order valence-electron chi connectivity index (χ2n) is 8.20. The summed E-state index contributed by atoms with van der Waals surface area (Å²) in [5, 5.41) is 6.23. The maximum Gasteiger partial charge on any atom is 0.410 e. The zero-order chi connectivity index (χ0) is 21.9. The highest BCUT2D eigenvalue weighted by molar-refractivity contribution is 7.90. The van der Waals surface area contributed by atoms with Gasteiger partial charge in [0.05, 0.1) is 17.1 Å². The van der Waals surface area contributed by atoms with Gasteiger partial charge >= 0.3 is 6.09 Å². The molecule has 1 amide bonds. The standard InChI is InChI=1S/C21H27N3O4S2/c1-21(2,3)28-20(25)24-11-9-15(10-12-24)19-23-17(14-29-19)13-22-16-5-7-18(8-6-16)30(4,26)27/h5-9,14,22H,10-13H2,1-4H3. The van der Waals surface area contributed by atoms with E-state index in [2.05, 4.69) is 5.32 Å². The van der Waals surface area contributed by atoms with Gasteiger partial charge in [0.2, 0.25) is 0 Å². The van der Waals surface area contributed by atoms with Gasteiger partial charge in [-0.25, -0.2) is 18.2 Å². The molecule has 1 N–H and O–H groups in total. The largest absolute Gasteiger partial charge is 0.444 e. The number of thiazole rings is 1. The Morgan fingerprint density at radius 3 is 2.53 bits per heavy atom. The Labute approximate surface area is 181 Å². The number of hydrogen-bond donors (Lipinski definition) is 1. The number of nitrogens with zero attached hydrogens (tertiary/aromatic N) is 2. The lowest BCUT2D eigenvalue weighted by Crippen LogP contribution is -2.39. The van der Waals surface area contributed by atoms with Crippen molar-refractivity contribution in [2.75, 3.05) is 24.7 Å². The molecule has 9 heteroatoms. The van der Waals surface area contributed by atoms with Crippen molar-refractivity contribution in [3.8, 4) is 0 Å². The van der Waals surface area contributed by atoms with Crippen molar-refractivity contribution in [2.24, 2.45) is 0 Å². The van der Waals surface area contributed by atoms with Crippen molar-refractivity contribution in [3.63, 3.8) is 0 Å². The van der Waals surface area contributed by atoms with Gasteiger partial charge in [-0.05, 0) is 57.0 Å². The van der Waals surface area contributed by atoms with Crippen LogP contribution in [0.4, 0.5) is 10.5 Å². The minimum absolute atomic E-state index is 0.288. The molecule has 162 valence electrons. The van der Waals surface area contributed by atoms with Gasteiger partial charge in [0, 0.05) is 30.4 Å². The van der Waals surface area contributed by atoms with E-state index >= 15 is 0 Å². The van der Waals surface area contributed by atoms with Crippen LogP contribution in [0.5, 0.6) is 0 Å². The summed E-state index contributed by atoms with van der Waals surface area (Å²) in [5.41, 5.74) is 2.40. The Morgan fingerprint density at radius 2 is 1.97 bits per heavy atom. The monoisotopic (exact) mass is 449 g/mol. The average Bonchev–Trinajstić information content (AvgIpc) is 3.14. The molecule has 1 aliphatic rings. The minimum Gasteiger partial charge on any atom is -0.444 e. The van der Waals surface area contributed by atoms with Crippen LogP contribution >= 0.6 is 11.3 Å². The third-order valence-electron chi connectivity index (χ3n) is 4.44. The molecule has 1 aliphatic heterocycles. The molecule has 0 unspecified atom stereocenters. The Balaban J connectivity index is 1.56. The SMILES string of the molecule is CC(C)(C)OC(=O)N1CC=C(c2nc(CNc3ccc(S(C)(=O)=O)cc3)cs2)CC1. The van der Waals surface area contributed by atoms with E-state index in [0.717, 1.165) is 28.4 Å². The molecule has 0 radical (unpaired) electrons. The molecule has 0 spiro atoms. The lowest BCUT2D eigenvalue weighted by atomic mass is 10.1. The van der Waals surface area contributed by atoms with Crippen molar-refractivity contribution >= 4 is 38.5 Å². The second-order valence-corrected chi connectivity index (χ2v) is 11.1. The number of carbonyl (C=O) groups excluding carboxylic acids is 1. The lowest BCUT2D eigenvalue weighted by molar-refractivity contribution is 0.0270. The van der Waals surface area contributed by atoms with Crippen LogP contribution in [0, 0.1) is 0 Å². The molecule has 2 heterocycles. The lowest BCUT2D eigenvalue weighted by Gasteiger charge is -2.29. The fourth-order valence-electron chi connectivity index (χ4n) is 2.90. The summed E-state index contributed by atoms with van der Waals surface area (Å²) in [6, 6.07) is 6.68. The molecule has 0 fully saturated rings. The van der Waals surface area contributed by atoms with E-state index in [1.165, 1.54) is 6.26 Å². The van der Waals surface area contributed by atoms with Crippen LogP contribution in [0.2, 0.25) is 0 Å². The zero-order valence-corrected chi connectivity index (χ0v) is 19.3. The summed E-state index contributed by atoms with van der Waals surface area (Å²) in [6.45, 7) is 7.26. The second kappa shape index (κ2) is 8.77. The maximum absolute atomic E-state index is 12.2. The van der Waals surface area contributed by atoms with Crippen LogP contribution in [-0.4, -0.2) is 49.3 Å². The number of aromatic nitrogens is 1. The van der Waals surface area contributed by atoms with E-state index in [-0.39, 0.29) is 6.09 Å². The van der Waals surface area contributed by atoms with Crippen LogP contribution < -0.4 is 5.32 Å². The number of ether oxygens (including phenoxy) is 1. The maximum atomic E-state index is 12.2. The van der Waals surface area contributed by atoms with Crippen LogP contribution in [0.3, 0.4) is 0 Å². The molecule has 7 nitrogen and oxygen atoms in total. The molecule has 30 heavy (non-hydrogen) atoms. The topological polar surface area (TPSA) is 88.6 Å². The molecular formula is C21H27N3O4S2. The molecule has 0 atom stereocenters. The van der Waals surface area contributed by atoms with E-state index in [1.54, 1.807) is 40.5 Å². The third-order valence-corrected chi connectivity index (χ3v) is 6.54. The van der Waals surface area contributed by atoms with Crippen molar-refractivity contribution < 1.29 is 17.9 Å². The summed E-state index contributed by atoms with van der Waals surface area (Å²) >= 11 is 1.58. The Hall–Kier alpha value is -2.39. The molecule has 3 rings (SSSR count). The van der Waals surface area contributed by atoms with Crippen molar-refractivity contribution in [1.29, 1.82) is 0 Å². The summed E-state index contributed by atoms with van der Waals surface area (Å²) < 4.78 is 28.5. The quantitative estimate of drug-likeness (QED) is 0.737. The number of sulfone groups is 1. The fourth-order valence-corrected chi connectivity index (χ4v) is 4.42. The summed E-state index contributed by atoms with van der Waals surface area (Å²) in [5.74, 6) is 0. The normalized spacial score (nSPS) is 14.9. The van der Waals surface area contributed by atoms with Crippen LogP contribution in [0.15, 0.2) is 40.6 Å². The number of benzene rings is 1. The number of amides is 1. The van der Waals surface area contributed by atoms with Gasteiger partial charge in [0.15, 0.2) is 9.84 Å². The van der Waals surface area contributed by atoms with Gasteiger partial charge in [-0.1, -0.05) is 6.08 Å². The van der Waals surface area contributed by atoms with Crippen LogP contribution in [0.25, 0.3) is 5.57 Å². The van der Waals surface area contributed by atoms with E-state index in [4.69, 9.17) is 9.72 Å². The van der Waals surface area contributed by atoms with Crippen LogP contribution in [0.1, 0.15) is 37.9 Å². The minimum atomic E-state index is -3.19. The summed E-state index contributed by atoms with van der Waals surface area (Å²) in [7, 11) is -3.19. The average molecular weight is 450 g/mol. The molecule has 0 saturated carbocycles. The van der Waals surface area contributed by atoms with Crippen molar-refractivity contribution in [3.05, 3.63) is 46.4 Å². The number of carbonyl (C=O) groups is 1. The van der Waals surface area contributed by atoms with Gasteiger partial charge in [0.25, 0.3) is 0 Å². The van der Waals surface area contributed by atoms with Gasteiger partial charge in [-0.15, -0.1) is 11.3 Å².